The minimum absolute atomic E-state index is 0. The van der Waals surface area contributed by atoms with Crippen molar-refractivity contribution in [2.24, 2.45) is 10.9 Å². The van der Waals surface area contributed by atoms with Crippen molar-refractivity contribution in [1.29, 1.82) is 0 Å². The summed E-state index contributed by atoms with van der Waals surface area (Å²) in [7, 11) is 3.45. The molecule has 0 aromatic heterocycles. The molecule has 0 unspecified atom stereocenters. The number of piperidine rings is 1. The second kappa shape index (κ2) is 13.0. The molecule has 0 saturated carbocycles. The smallest absolute Gasteiger partial charge is 0.195 e. The zero-order valence-corrected chi connectivity index (χ0v) is 19.4. The zero-order chi connectivity index (χ0) is 18.8. The van der Waals surface area contributed by atoms with E-state index in [9.17, 15) is 0 Å². The van der Waals surface area contributed by atoms with Gasteiger partial charge in [-0.3, -0.25) is 4.99 Å². The Morgan fingerprint density at radius 1 is 1.22 bits per heavy atom. The highest BCUT2D eigenvalue weighted by Crippen LogP contribution is 2.30. The summed E-state index contributed by atoms with van der Waals surface area (Å²) in [5.74, 6) is 2.96. The lowest BCUT2D eigenvalue weighted by Gasteiger charge is -2.32. The number of ether oxygens (including phenoxy) is 2. The molecule has 1 aliphatic heterocycles. The molecule has 6 nitrogen and oxygen atoms in total. The SMILES string of the molecule is CCCN1CCC(CNC(=NC)Nc2ccc(OC)c(OCC)c2)CC1.I. The van der Waals surface area contributed by atoms with Crippen LogP contribution < -0.4 is 20.1 Å². The van der Waals surface area contributed by atoms with Gasteiger partial charge in [-0.1, -0.05) is 6.92 Å². The Bertz CT molecular complexity index is 575. The van der Waals surface area contributed by atoms with Gasteiger partial charge in [0.05, 0.1) is 13.7 Å². The van der Waals surface area contributed by atoms with E-state index in [1.807, 2.05) is 25.1 Å². The number of benzene rings is 1. The molecule has 0 bridgehead atoms. The molecule has 2 N–H and O–H groups in total. The lowest BCUT2D eigenvalue weighted by atomic mass is 9.97. The van der Waals surface area contributed by atoms with Gasteiger partial charge in [0.25, 0.3) is 0 Å². The van der Waals surface area contributed by atoms with Crippen molar-refractivity contribution in [2.75, 3.05) is 52.3 Å². The van der Waals surface area contributed by atoms with Crippen molar-refractivity contribution in [3.05, 3.63) is 18.2 Å². The summed E-state index contributed by atoms with van der Waals surface area (Å²) in [6.07, 6.45) is 3.74. The van der Waals surface area contributed by atoms with Gasteiger partial charge in [-0.15, -0.1) is 24.0 Å². The largest absolute Gasteiger partial charge is 0.493 e. The van der Waals surface area contributed by atoms with Crippen LogP contribution in [0.2, 0.25) is 0 Å². The fourth-order valence-electron chi connectivity index (χ4n) is 3.31. The molecular formula is C20H35IN4O2. The molecule has 2 rings (SSSR count). The Morgan fingerprint density at radius 2 is 1.96 bits per heavy atom. The Kier molecular flexibility index (Phi) is 11.5. The number of nitrogens with one attached hydrogen (secondary N) is 2. The average molecular weight is 490 g/mol. The fourth-order valence-corrected chi connectivity index (χ4v) is 3.31. The van der Waals surface area contributed by atoms with E-state index < -0.39 is 0 Å². The van der Waals surface area contributed by atoms with Gasteiger partial charge in [-0.25, -0.2) is 0 Å². The van der Waals surface area contributed by atoms with Crippen LogP contribution in [-0.2, 0) is 0 Å². The number of aliphatic imine (C=N–C) groups is 1. The van der Waals surface area contributed by atoms with Gasteiger partial charge in [0.15, 0.2) is 17.5 Å². The number of anilines is 1. The molecule has 1 aromatic rings. The van der Waals surface area contributed by atoms with Gasteiger partial charge in [0, 0.05) is 25.3 Å². The molecule has 27 heavy (non-hydrogen) atoms. The normalized spacial score (nSPS) is 15.8. The Labute approximate surface area is 181 Å². The van der Waals surface area contributed by atoms with E-state index in [2.05, 4.69) is 27.4 Å². The van der Waals surface area contributed by atoms with Crippen LogP contribution in [0.1, 0.15) is 33.1 Å². The Balaban J connectivity index is 0.00000364. The fraction of sp³-hybridized carbons (Fsp3) is 0.650. The maximum atomic E-state index is 5.64. The third-order valence-electron chi connectivity index (χ3n) is 4.75. The van der Waals surface area contributed by atoms with Gasteiger partial charge in [0.1, 0.15) is 0 Å². The van der Waals surface area contributed by atoms with Crippen LogP contribution in [0.5, 0.6) is 11.5 Å². The van der Waals surface area contributed by atoms with Gasteiger partial charge in [-0.05, 0) is 63.9 Å². The molecule has 7 heteroatoms. The molecule has 0 spiro atoms. The lowest BCUT2D eigenvalue weighted by molar-refractivity contribution is 0.185. The maximum absolute atomic E-state index is 5.64. The number of halogens is 1. The molecule has 0 aliphatic carbocycles. The first kappa shape index (κ1) is 23.8. The summed E-state index contributed by atoms with van der Waals surface area (Å²) >= 11 is 0. The predicted molar refractivity (Wildman–Crippen MR) is 124 cm³/mol. The van der Waals surface area contributed by atoms with E-state index >= 15 is 0 Å². The second-order valence-corrected chi connectivity index (χ2v) is 6.66. The van der Waals surface area contributed by atoms with Gasteiger partial charge in [0.2, 0.25) is 0 Å². The highest BCUT2D eigenvalue weighted by atomic mass is 127. The number of nitrogens with zero attached hydrogens (tertiary/aromatic N) is 2. The predicted octanol–water partition coefficient (Wildman–Crippen LogP) is 3.82. The van der Waals surface area contributed by atoms with Crippen molar-refractivity contribution in [3.8, 4) is 11.5 Å². The third kappa shape index (κ3) is 7.73. The highest BCUT2D eigenvalue weighted by molar-refractivity contribution is 14.0. The van der Waals surface area contributed by atoms with Gasteiger partial charge >= 0.3 is 0 Å². The summed E-state index contributed by atoms with van der Waals surface area (Å²) in [6, 6.07) is 5.82. The van der Waals surface area contributed by atoms with Crippen molar-refractivity contribution >= 4 is 35.6 Å². The van der Waals surface area contributed by atoms with Crippen LogP contribution in [0.15, 0.2) is 23.2 Å². The van der Waals surface area contributed by atoms with Crippen LogP contribution in [0.25, 0.3) is 0 Å². The molecule has 0 amide bonds. The van der Waals surface area contributed by atoms with Crippen LogP contribution in [-0.4, -0.2) is 57.8 Å². The van der Waals surface area contributed by atoms with Crippen LogP contribution >= 0.6 is 24.0 Å². The molecule has 154 valence electrons. The standard InChI is InChI=1S/C20H34N4O2.HI/c1-5-11-24-12-9-16(10-13-24)15-22-20(21-3)23-17-7-8-18(25-4)19(14-17)26-6-2;/h7-8,14,16H,5-6,9-13,15H2,1-4H3,(H2,21,22,23);1H. The highest BCUT2D eigenvalue weighted by Gasteiger charge is 2.18. The number of methoxy groups -OCH3 is 1. The van der Waals surface area contributed by atoms with E-state index in [0.717, 1.165) is 29.7 Å². The monoisotopic (exact) mass is 490 g/mol. The Hall–Kier alpha value is -1.22. The van der Waals surface area contributed by atoms with Gasteiger partial charge in [-0.2, -0.15) is 0 Å². The first-order valence-electron chi connectivity index (χ1n) is 9.71. The van der Waals surface area contributed by atoms with Crippen LogP contribution in [0.3, 0.4) is 0 Å². The maximum Gasteiger partial charge on any atom is 0.195 e. The van der Waals surface area contributed by atoms with E-state index in [-0.39, 0.29) is 24.0 Å². The minimum Gasteiger partial charge on any atom is -0.493 e. The molecule has 0 radical (unpaired) electrons. The van der Waals surface area contributed by atoms with Crippen molar-refractivity contribution in [1.82, 2.24) is 10.2 Å². The quantitative estimate of drug-likeness (QED) is 0.330. The number of hydrogen-bond acceptors (Lipinski definition) is 4. The summed E-state index contributed by atoms with van der Waals surface area (Å²) in [5.41, 5.74) is 0.931. The zero-order valence-electron chi connectivity index (χ0n) is 17.1. The average Bonchev–Trinajstić information content (AvgIpc) is 2.67. The van der Waals surface area contributed by atoms with Gasteiger partial charge < -0.3 is 25.0 Å². The number of rotatable bonds is 8. The first-order valence-corrected chi connectivity index (χ1v) is 9.71. The number of guanidine groups is 1. The van der Waals surface area contributed by atoms with E-state index in [4.69, 9.17) is 9.47 Å². The van der Waals surface area contributed by atoms with Crippen LogP contribution in [0.4, 0.5) is 5.69 Å². The second-order valence-electron chi connectivity index (χ2n) is 6.66. The molecular weight excluding hydrogens is 455 g/mol. The number of hydrogen-bond donors (Lipinski definition) is 2. The van der Waals surface area contributed by atoms with Crippen LogP contribution in [0, 0.1) is 5.92 Å². The molecule has 1 saturated heterocycles. The minimum atomic E-state index is 0. The molecule has 1 heterocycles. The molecule has 1 fully saturated rings. The first-order chi connectivity index (χ1) is 12.7. The molecule has 1 aliphatic rings. The summed E-state index contributed by atoms with van der Waals surface area (Å²) in [6.45, 7) is 9.41. The number of likely N-dealkylation sites (tertiary alicyclic amines) is 1. The van der Waals surface area contributed by atoms with Crippen molar-refractivity contribution in [3.63, 3.8) is 0 Å². The van der Waals surface area contributed by atoms with E-state index in [1.54, 1.807) is 14.2 Å². The summed E-state index contributed by atoms with van der Waals surface area (Å²) in [4.78, 5) is 6.91. The van der Waals surface area contributed by atoms with E-state index in [0.29, 0.717) is 12.5 Å². The molecule has 0 atom stereocenters. The van der Waals surface area contributed by atoms with Crippen molar-refractivity contribution < 1.29 is 9.47 Å². The Morgan fingerprint density at radius 3 is 2.56 bits per heavy atom. The topological polar surface area (TPSA) is 58.1 Å². The van der Waals surface area contributed by atoms with E-state index in [1.165, 1.54) is 38.9 Å². The molecule has 1 aromatic carbocycles. The lowest BCUT2D eigenvalue weighted by Crippen LogP contribution is -2.40. The van der Waals surface area contributed by atoms with Crippen molar-refractivity contribution in [2.45, 2.75) is 33.1 Å². The summed E-state index contributed by atoms with van der Waals surface area (Å²) < 4.78 is 11.0. The third-order valence-corrected chi connectivity index (χ3v) is 4.75. The summed E-state index contributed by atoms with van der Waals surface area (Å²) in [5, 5.41) is 6.80.